The maximum absolute atomic E-state index is 5.92. The number of benzene rings is 1. The van der Waals surface area contributed by atoms with Crippen molar-refractivity contribution in [3.8, 4) is 5.75 Å². The lowest BCUT2D eigenvalue weighted by Crippen LogP contribution is -2.34. The first-order chi connectivity index (χ1) is 9.29. The van der Waals surface area contributed by atoms with Crippen molar-refractivity contribution >= 4 is 15.9 Å². The Labute approximate surface area is 123 Å². The normalized spacial score (nSPS) is 23.3. The Kier molecular flexibility index (Phi) is 6.14. The lowest BCUT2D eigenvalue weighted by atomic mass is 9.86. The molecule has 0 spiro atoms. The highest BCUT2D eigenvalue weighted by Gasteiger charge is 2.24. The molecular weight excluding hydrogens is 306 g/mol. The van der Waals surface area contributed by atoms with E-state index in [4.69, 9.17) is 15.2 Å². The average molecular weight is 328 g/mol. The third-order valence-corrected chi connectivity index (χ3v) is 4.12. The molecule has 3 nitrogen and oxygen atoms in total. The van der Waals surface area contributed by atoms with Gasteiger partial charge in [0.1, 0.15) is 12.4 Å². The quantitative estimate of drug-likeness (QED) is 0.815. The fourth-order valence-corrected chi connectivity index (χ4v) is 2.96. The summed E-state index contributed by atoms with van der Waals surface area (Å²) in [7, 11) is 0. The molecule has 0 radical (unpaired) electrons. The van der Waals surface area contributed by atoms with E-state index in [2.05, 4.69) is 15.9 Å². The summed E-state index contributed by atoms with van der Waals surface area (Å²) in [5.41, 5.74) is 5.79. The van der Waals surface area contributed by atoms with Crippen molar-refractivity contribution in [1.82, 2.24) is 0 Å². The first-order valence-corrected chi connectivity index (χ1v) is 7.79. The predicted octanol–water partition coefficient (Wildman–Crippen LogP) is 3.36. The second-order valence-electron chi connectivity index (χ2n) is 5.00. The number of rotatable bonds is 6. The Morgan fingerprint density at radius 1 is 1.21 bits per heavy atom. The minimum Gasteiger partial charge on any atom is -0.491 e. The zero-order chi connectivity index (χ0) is 13.5. The van der Waals surface area contributed by atoms with Crippen molar-refractivity contribution in [2.24, 2.45) is 11.7 Å². The number of hydrogen-bond donors (Lipinski definition) is 1. The Hall–Kier alpha value is -0.580. The fraction of sp³-hybridized carbons (Fsp3) is 0.600. The van der Waals surface area contributed by atoms with Crippen molar-refractivity contribution in [2.75, 3.05) is 19.8 Å². The van der Waals surface area contributed by atoms with Crippen LogP contribution in [0.3, 0.4) is 0 Å². The summed E-state index contributed by atoms with van der Waals surface area (Å²) in [4.78, 5) is 0. The molecular formula is C15H22BrNO2. The zero-order valence-corrected chi connectivity index (χ0v) is 12.8. The van der Waals surface area contributed by atoms with Gasteiger partial charge < -0.3 is 15.2 Å². The molecule has 2 unspecified atom stereocenters. The van der Waals surface area contributed by atoms with Crippen LogP contribution in [-0.4, -0.2) is 25.9 Å². The molecule has 1 saturated carbocycles. The van der Waals surface area contributed by atoms with E-state index in [1.807, 2.05) is 24.3 Å². The largest absolute Gasteiger partial charge is 0.491 e. The maximum Gasteiger partial charge on any atom is 0.120 e. The molecule has 0 aromatic heterocycles. The molecule has 4 heteroatoms. The molecule has 19 heavy (non-hydrogen) atoms. The van der Waals surface area contributed by atoms with Crippen LogP contribution >= 0.6 is 15.9 Å². The first-order valence-electron chi connectivity index (χ1n) is 6.99. The van der Waals surface area contributed by atoms with E-state index in [1.54, 1.807) is 0 Å². The van der Waals surface area contributed by atoms with Crippen LogP contribution in [0, 0.1) is 5.92 Å². The van der Waals surface area contributed by atoms with E-state index < -0.39 is 0 Å². The highest BCUT2D eigenvalue weighted by molar-refractivity contribution is 9.10. The molecule has 1 aliphatic carbocycles. The van der Waals surface area contributed by atoms with Crippen molar-refractivity contribution in [2.45, 2.75) is 31.8 Å². The molecule has 0 saturated heterocycles. The van der Waals surface area contributed by atoms with E-state index in [1.165, 1.54) is 19.3 Å². The van der Waals surface area contributed by atoms with E-state index in [9.17, 15) is 0 Å². The van der Waals surface area contributed by atoms with Crippen molar-refractivity contribution in [1.29, 1.82) is 0 Å². The van der Waals surface area contributed by atoms with Crippen LogP contribution in [0.5, 0.6) is 5.75 Å². The average Bonchev–Trinajstić information content (AvgIpc) is 2.44. The highest BCUT2D eigenvalue weighted by Crippen LogP contribution is 2.26. The lowest BCUT2D eigenvalue weighted by Gasteiger charge is -2.30. The molecule has 1 fully saturated rings. The van der Waals surface area contributed by atoms with Gasteiger partial charge in [-0.25, -0.2) is 0 Å². The summed E-state index contributed by atoms with van der Waals surface area (Å²) in [5.74, 6) is 1.40. The van der Waals surface area contributed by atoms with Crippen molar-refractivity contribution in [3.63, 3.8) is 0 Å². The van der Waals surface area contributed by atoms with Gasteiger partial charge in [0.05, 0.1) is 12.7 Å². The molecule has 0 amide bonds. The second-order valence-corrected chi connectivity index (χ2v) is 5.91. The minimum absolute atomic E-state index is 0.324. The number of ether oxygens (including phenoxy) is 2. The van der Waals surface area contributed by atoms with Crippen LogP contribution in [0.4, 0.5) is 0 Å². The van der Waals surface area contributed by atoms with Gasteiger partial charge in [-0.1, -0.05) is 34.8 Å². The molecule has 106 valence electrons. The van der Waals surface area contributed by atoms with Gasteiger partial charge in [-0.15, -0.1) is 0 Å². The Balaban J connectivity index is 1.68. The van der Waals surface area contributed by atoms with Crippen molar-refractivity contribution < 1.29 is 9.47 Å². The topological polar surface area (TPSA) is 44.5 Å². The van der Waals surface area contributed by atoms with Crippen LogP contribution < -0.4 is 10.5 Å². The summed E-state index contributed by atoms with van der Waals surface area (Å²) < 4.78 is 12.6. The van der Waals surface area contributed by atoms with Crippen LogP contribution in [0.1, 0.15) is 25.7 Å². The predicted molar refractivity (Wildman–Crippen MR) is 80.4 cm³/mol. The summed E-state index contributed by atoms with van der Waals surface area (Å²) in [6.45, 7) is 1.95. The Morgan fingerprint density at radius 2 is 2.05 bits per heavy atom. The molecule has 2 rings (SSSR count). The third-order valence-electron chi connectivity index (χ3n) is 3.62. The third kappa shape index (κ3) is 4.79. The monoisotopic (exact) mass is 327 g/mol. The summed E-state index contributed by atoms with van der Waals surface area (Å²) >= 11 is 3.43. The molecule has 1 aromatic carbocycles. The molecule has 1 aromatic rings. The summed E-state index contributed by atoms with van der Waals surface area (Å²) in [5, 5.41) is 0. The zero-order valence-electron chi connectivity index (χ0n) is 11.2. The first kappa shape index (κ1) is 14.8. The minimum atomic E-state index is 0.324. The Bertz CT molecular complexity index is 386. The van der Waals surface area contributed by atoms with E-state index >= 15 is 0 Å². The molecule has 0 aliphatic heterocycles. The molecule has 0 bridgehead atoms. The van der Waals surface area contributed by atoms with Crippen LogP contribution in [-0.2, 0) is 4.74 Å². The highest BCUT2D eigenvalue weighted by atomic mass is 79.9. The van der Waals surface area contributed by atoms with E-state index in [0.29, 0.717) is 25.2 Å². The van der Waals surface area contributed by atoms with Crippen LogP contribution in [0.2, 0.25) is 0 Å². The number of hydrogen-bond acceptors (Lipinski definition) is 3. The molecule has 2 N–H and O–H groups in total. The number of nitrogens with two attached hydrogens (primary N) is 1. The van der Waals surface area contributed by atoms with Gasteiger partial charge in [0, 0.05) is 4.47 Å². The van der Waals surface area contributed by atoms with Gasteiger partial charge in [-0.2, -0.15) is 0 Å². The molecule has 1 aliphatic rings. The molecule has 0 heterocycles. The van der Waals surface area contributed by atoms with E-state index in [0.717, 1.165) is 23.2 Å². The van der Waals surface area contributed by atoms with Gasteiger partial charge in [0.2, 0.25) is 0 Å². The van der Waals surface area contributed by atoms with Gasteiger partial charge >= 0.3 is 0 Å². The van der Waals surface area contributed by atoms with Gasteiger partial charge in [-0.05, 0) is 43.5 Å². The van der Waals surface area contributed by atoms with Gasteiger partial charge in [0.15, 0.2) is 0 Å². The number of halogens is 1. The SMILES string of the molecule is NCC1CCCCC1OCCOc1cccc(Br)c1. The van der Waals surface area contributed by atoms with Crippen LogP contribution in [0.15, 0.2) is 28.7 Å². The van der Waals surface area contributed by atoms with E-state index in [-0.39, 0.29) is 0 Å². The summed E-state index contributed by atoms with van der Waals surface area (Å²) in [6.07, 6.45) is 5.21. The van der Waals surface area contributed by atoms with Gasteiger partial charge in [-0.3, -0.25) is 0 Å². The lowest BCUT2D eigenvalue weighted by molar-refractivity contribution is -0.0192. The summed E-state index contributed by atoms with van der Waals surface area (Å²) in [6, 6.07) is 7.86. The maximum atomic E-state index is 5.92. The fourth-order valence-electron chi connectivity index (χ4n) is 2.58. The van der Waals surface area contributed by atoms with Gasteiger partial charge in [0.25, 0.3) is 0 Å². The molecule has 2 atom stereocenters. The van der Waals surface area contributed by atoms with Crippen molar-refractivity contribution in [3.05, 3.63) is 28.7 Å². The standard InChI is InChI=1S/C15H22BrNO2/c16-13-5-3-6-14(10-13)18-8-9-19-15-7-2-1-4-12(15)11-17/h3,5-6,10,12,15H,1-2,4,7-9,11,17H2. The second kappa shape index (κ2) is 7.88. The smallest absolute Gasteiger partial charge is 0.120 e. The van der Waals surface area contributed by atoms with Crippen LogP contribution in [0.25, 0.3) is 0 Å². The Morgan fingerprint density at radius 3 is 2.84 bits per heavy atom.